The highest BCUT2D eigenvalue weighted by Crippen LogP contribution is 2.29. The second-order valence-corrected chi connectivity index (χ2v) is 6.84. The highest BCUT2D eigenvalue weighted by atomic mass is 35.5. The molecule has 2 amide bonds. The third-order valence-electron chi connectivity index (χ3n) is 4.39. The van der Waals surface area contributed by atoms with Gasteiger partial charge in [-0.25, -0.2) is 4.79 Å². The Morgan fingerprint density at radius 1 is 1.15 bits per heavy atom. The number of carbonyl (C=O) groups is 3. The van der Waals surface area contributed by atoms with Gasteiger partial charge in [0.05, 0.1) is 25.0 Å². The van der Waals surface area contributed by atoms with Gasteiger partial charge in [0.25, 0.3) is 0 Å². The van der Waals surface area contributed by atoms with Gasteiger partial charge >= 0.3 is 5.97 Å². The van der Waals surface area contributed by atoms with Crippen LogP contribution in [0.4, 0.5) is 11.4 Å². The van der Waals surface area contributed by atoms with E-state index in [2.05, 4.69) is 16.0 Å². The van der Waals surface area contributed by atoms with Gasteiger partial charge in [-0.2, -0.15) is 0 Å². The predicted molar refractivity (Wildman–Crippen MR) is 100 cm³/mol. The molecule has 1 fully saturated rings. The number of hydrogen-bond acceptors (Lipinski definition) is 5. The summed E-state index contributed by atoms with van der Waals surface area (Å²) in [7, 11) is 1.33. The van der Waals surface area contributed by atoms with Crippen LogP contribution >= 0.6 is 11.6 Å². The summed E-state index contributed by atoms with van der Waals surface area (Å²) in [4.78, 5) is 35.9. The maximum atomic E-state index is 12.4. The second-order valence-electron chi connectivity index (χ2n) is 6.41. The highest BCUT2D eigenvalue weighted by Gasteiger charge is 2.41. The summed E-state index contributed by atoms with van der Waals surface area (Å²) < 4.78 is 4.90. The zero-order chi connectivity index (χ0) is 19.2. The van der Waals surface area contributed by atoms with Crippen molar-refractivity contribution in [3.05, 3.63) is 23.2 Å². The van der Waals surface area contributed by atoms with E-state index in [1.54, 1.807) is 18.2 Å². The molecular weight excluding hydrogens is 358 g/mol. The van der Waals surface area contributed by atoms with Gasteiger partial charge in [0.1, 0.15) is 5.54 Å². The van der Waals surface area contributed by atoms with Crippen LogP contribution in [0, 0.1) is 0 Å². The number of rotatable bonds is 6. The van der Waals surface area contributed by atoms with E-state index in [0.29, 0.717) is 29.2 Å². The second kappa shape index (κ2) is 8.89. The van der Waals surface area contributed by atoms with Crippen molar-refractivity contribution in [1.29, 1.82) is 0 Å². The van der Waals surface area contributed by atoms with Crippen LogP contribution in [0.2, 0.25) is 5.02 Å². The molecule has 142 valence electrons. The van der Waals surface area contributed by atoms with Gasteiger partial charge in [-0.05, 0) is 31.0 Å². The van der Waals surface area contributed by atoms with Crippen LogP contribution in [0.25, 0.3) is 0 Å². The zero-order valence-corrected chi connectivity index (χ0v) is 15.7. The van der Waals surface area contributed by atoms with Gasteiger partial charge < -0.3 is 20.7 Å². The molecular formula is C18H24ClN3O4. The first-order valence-electron chi connectivity index (χ1n) is 8.57. The minimum absolute atomic E-state index is 0.0638. The average molecular weight is 382 g/mol. The van der Waals surface area contributed by atoms with Crippen molar-refractivity contribution < 1.29 is 19.1 Å². The Kier molecular flexibility index (Phi) is 6.85. The Morgan fingerprint density at radius 2 is 1.85 bits per heavy atom. The standard InChI is InChI=1S/C18H24ClN3O4/c1-12(23)21-14-7-6-13(19)10-15(14)20-11-16(24)22-18(17(25)26-2)8-4-3-5-9-18/h6-7,10,20H,3-5,8-9,11H2,1-2H3,(H,21,23)(H,22,24). The van der Waals surface area contributed by atoms with Crippen LogP contribution in [0.5, 0.6) is 0 Å². The molecule has 7 nitrogen and oxygen atoms in total. The van der Waals surface area contributed by atoms with Crippen LogP contribution in [0.15, 0.2) is 18.2 Å². The van der Waals surface area contributed by atoms with Gasteiger partial charge in [-0.3, -0.25) is 9.59 Å². The molecule has 8 heteroatoms. The van der Waals surface area contributed by atoms with Crippen molar-refractivity contribution in [2.45, 2.75) is 44.6 Å². The summed E-state index contributed by atoms with van der Waals surface area (Å²) in [5.74, 6) is -0.968. The van der Waals surface area contributed by atoms with Crippen LogP contribution in [0.1, 0.15) is 39.0 Å². The molecule has 0 saturated heterocycles. The largest absolute Gasteiger partial charge is 0.467 e. The maximum Gasteiger partial charge on any atom is 0.331 e. The van der Waals surface area contributed by atoms with E-state index in [-0.39, 0.29) is 18.4 Å². The molecule has 26 heavy (non-hydrogen) atoms. The lowest BCUT2D eigenvalue weighted by Crippen LogP contribution is -2.57. The van der Waals surface area contributed by atoms with Crippen molar-refractivity contribution in [3.8, 4) is 0 Å². The molecule has 1 aliphatic carbocycles. The summed E-state index contributed by atoms with van der Waals surface area (Å²) in [6, 6.07) is 4.92. The lowest BCUT2D eigenvalue weighted by Gasteiger charge is -2.35. The van der Waals surface area contributed by atoms with Crippen molar-refractivity contribution >= 4 is 40.8 Å². The molecule has 0 spiro atoms. The van der Waals surface area contributed by atoms with Gasteiger partial charge in [-0.1, -0.05) is 30.9 Å². The predicted octanol–water partition coefficient (Wildman–Crippen LogP) is 2.70. The first-order chi connectivity index (χ1) is 12.4. The van der Waals surface area contributed by atoms with E-state index in [4.69, 9.17) is 16.3 Å². The Morgan fingerprint density at radius 3 is 2.46 bits per heavy atom. The molecule has 2 rings (SSSR count). The molecule has 0 aliphatic heterocycles. The fraction of sp³-hybridized carbons (Fsp3) is 0.500. The molecule has 1 aromatic rings. The Balaban J connectivity index is 2.05. The van der Waals surface area contributed by atoms with Gasteiger partial charge in [0.2, 0.25) is 11.8 Å². The van der Waals surface area contributed by atoms with Crippen molar-refractivity contribution in [2.75, 3.05) is 24.3 Å². The van der Waals surface area contributed by atoms with E-state index in [1.165, 1.54) is 14.0 Å². The number of carbonyl (C=O) groups excluding carboxylic acids is 3. The van der Waals surface area contributed by atoms with Crippen LogP contribution in [-0.4, -0.2) is 37.0 Å². The van der Waals surface area contributed by atoms with E-state index >= 15 is 0 Å². The number of anilines is 2. The summed E-state index contributed by atoms with van der Waals surface area (Å²) in [6.07, 6.45) is 3.91. The summed E-state index contributed by atoms with van der Waals surface area (Å²) in [6.45, 7) is 1.33. The Hall–Kier alpha value is -2.28. The SMILES string of the molecule is COC(=O)C1(NC(=O)CNc2cc(Cl)ccc2NC(C)=O)CCCCC1. The van der Waals surface area contributed by atoms with E-state index < -0.39 is 11.5 Å². The Bertz CT molecular complexity index is 687. The number of benzene rings is 1. The van der Waals surface area contributed by atoms with Crippen LogP contribution in [0.3, 0.4) is 0 Å². The van der Waals surface area contributed by atoms with Crippen LogP contribution < -0.4 is 16.0 Å². The monoisotopic (exact) mass is 381 g/mol. The topological polar surface area (TPSA) is 96.5 Å². The van der Waals surface area contributed by atoms with Gasteiger partial charge in [-0.15, -0.1) is 0 Å². The molecule has 1 saturated carbocycles. The minimum Gasteiger partial charge on any atom is -0.467 e. The lowest BCUT2D eigenvalue weighted by molar-refractivity contribution is -0.152. The van der Waals surface area contributed by atoms with E-state index in [9.17, 15) is 14.4 Å². The molecule has 0 radical (unpaired) electrons. The fourth-order valence-corrected chi connectivity index (χ4v) is 3.35. The molecule has 1 aliphatic rings. The smallest absolute Gasteiger partial charge is 0.331 e. The quantitative estimate of drug-likeness (QED) is 0.658. The molecule has 0 atom stereocenters. The van der Waals surface area contributed by atoms with Crippen molar-refractivity contribution in [3.63, 3.8) is 0 Å². The number of methoxy groups -OCH3 is 1. The maximum absolute atomic E-state index is 12.4. The summed E-state index contributed by atoms with van der Waals surface area (Å²) in [5, 5.41) is 8.94. The average Bonchev–Trinajstić information content (AvgIpc) is 2.61. The minimum atomic E-state index is -0.958. The molecule has 1 aromatic carbocycles. The number of esters is 1. The molecule has 0 bridgehead atoms. The van der Waals surface area contributed by atoms with Gasteiger partial charge in [0.15, 0.2) is 0 Å². The molecule has 3 N–H and O–H groups in total. The number of nitrogens with one attached hydrogen (secondary N) is 3. The van der Waals surface area contributed by atoms with Gasteiger partial charge in [0, 0.05) is 11.9 Å². The number of halogens is 1. The molecule has 0 unspecified atom stereocenters. The molecule has 0 heterocycles. The third kappa shape index (κ3) is 5.11. The first-order valence-corrected chi connectivity index (χ1v) is 8.94. The molecule has 0 aromatic heterocycles. The van der Waals surface area contributed by atoms with E-state index in [0.717, 1.165) is 19.3 Å². The summed E-state index contributed by atoms with van der Waals surface area (Å²) in [5.41, 5.74) is 0.0919. The lowest BCUT2D eigenvalue weighted by atomic mass is 9.81. The van der Waals surface area contributed by atoms with Crippen molar-refractivity contribution in [2.24, 2.45) is 0 Å². The Labute approximate surface area is 157 Å². The third-order valence-corrected chi connectivity index (χ3v) is 4.63. The van der Waals surface area contributed by atoms with E-state index in [1.807, 2.05) is 0 Å². The number of amides is 2. The normalized spacial score (nSPS) is 15.7. The van der Waals surface area contributed by atoms with Crippen molar-refractivity contribution in [1.82, 2.24) is 5.32 Å². The first kappa shape index (κ1) is 20.0. The van der Waals surface area contributed by atoms with Crippen LogP contribution in [-0.2, 0) is 19.1 Å². The number of hydrogen-bond donors (Lipinski definition) is 3. The summed E-state index contributed by atoms with van der Waals surface area (Å²) >= 11 is 5.99. The highest BCUT2D eigenvalue weighted by molar-refractivity contribution is 6.31. The zero-order valence-electron chi connectivity index (χ0n) is 15.0. The number of ether oxygens (including phenoxy) is 1. The fourth-order valence-electron chi connectivity index (χ4n) is 3.18.